The monoisotopic (exact) mass is 265 g/mol. The predicted molar refractivity (Wildman–Crippen MR) is 60.0 cm³/mol. The van der Waals surface area contributed by atoms with Gasteiger partial charge >= 0.3 is 0 Å². The lowest BCUT2D eigenvalue weighted by Crippen LogP contribution is -2.11. The summed E-state index contributed by atoms with van der Waals surface area (Å²) in [6.07, 6.45) is 0.613. The zero-order chi connectivity index (χ0) is 8.97. The Kier molecular flexibility index (Phi) is 6.33. The molecule has 0 spiro atoms. The van der Waals surface area contributed by atoms with Crippen LogP contribution in [0.4, 0.5) is 0 Å². The van der Waals surface area contributed by atoms with Crippen LogP contribution in [0.2, 0.25) is 0 Å². The zero-order valence-corrected chi connectivity index (χ0v) is 9.51. The van der Waals surface area contributed by atoms with Gasteiger partial charge in [-0.25, -0.2) is 0 Å². The number of nitrogens with two attached hydrogens (primary N) is 1. The van der Waals surface area contributed by atoms with Crippen molar-refractivity contribution < 1.29 is 5.11 Å². The van der Waals surface area contributed by atoms with Gasteiger partial charge in [0.2, 0.25) is 0 Å². The van der Waals surface area contributed by atoms with Crippen LogP contribution in [0.3, 0.4) is 0 Å². The topological polar surface area (TPSA) is 46.2 Å². The van der Waals surface area contributed by atoms with E-state index >= 15 is 0 Å². The molecule has 0 saturated carbocycles. The molecule has 0 radical (unpaired) electrons. The molecule has 0 aliphatic carbocycles. The minimum Gasteiger partial charge on any atom is -0.396 e. The molecule has 0 unspecified atom stereocenters. The smallest absolute Gasteiger partial charge is 0.0449 e. The third-order valence-corrected chi connectivity index (χ3v) is 2.27. The molecule has 1 aromatic rings. The van der Waals surface area contributed by atoms with Crippen molar-refractivity contribution in [3.8, 4) is 0 Å². The lowest BCUT2D eigenvalue weighted by Gasteiger charge is -2.09. The molecule has 0 heterocycles. The van der Waals surface area contributed by atoms with Gasteiger partial charge in [-0.1, -0.05) is 28.1 Å². The van der Waals surface area contributed by atoms with Gasteiger partial charge in [0.25, 0.3) is 0 Å². The Balaban J connectivity index is 0.00000144. The van der Waals surface area contributed by atoms with E-state index in [2.05, 4.69) is 15.9 Å². The molecule has 13 heavy (non-hydrogen) atoms. The van der Waals surface area contributed by atoms with E-state index in [1.165, 1.54) is 0 Å². The summed E-state index contributed by atoms with van der Waals surface area (Å²) in [6.45, 7) is 0.136. The molecule has 0 fully saturated rings. The van der Waals surface area contributed by atoms with Crippen molar-refractivity contribution in [2.45, 2.75) is 12.5 Å². The molecule has 0 amide bonds. The van der Waals surface area contributed by atoms with Crippen molar-refractivity contribution in [3.05, 3.63) is 34.3 Å². The highest BCUT2D eigenvalue weighted by Crippen LogP contribution is 2.16. The average molecular weight is 267 g/mol. The number of hydrogen-bond acceptors (Lipinski definition) is 2. The van der Waals surface area contributed by atoms with Crippen LogP contribution in [0.25, 0.3) is 0 Å². The fourth-order valence-corrected chi connectivity index (χ4v) is 1.28. The molecule has 0 saturated heterocycles. The lowest BCUT2D eigenvalue weighted by molar-refractivity contribution is 0.276. The molecule has 0 bridgehead atoms. The summed E-state index contributed by atoms with van der Waals surface area (Å²) in [5.41, 5.74) is 6.84. The highest BCUT2D eigenvalue weighted by Gasteiger charge is 2.03. The van der Waals surface area contributed by atoms with E-state index in [9.17, 15) is 0 Å². The minimum atomic E-state index is -0.0527. The van der Waals surface area contributed by atoms with E-state index in [-0.39, 0.29) is 25.1 Å². The van der Waals surface area contributed by atoms with Crippen LogP contribution in [0.1, 0.15) is 18.0 Å². The predicted octanol–water partition coefficient (Wildman–Crippen LogP) is 2.25. The van der Waals surface area contributed by atoms with E-state index < -0.39 is 0 Å². The maximum atomic E-state index is 8.66. The standard InChI is InChI=1S/C9H12BrNO.ClH/c10-8-3-1-7(2-4-8)9(11)5-6-12;/h1-4,9,12H,5-6,11H2;1H/t9-;/m1./s1. The van der Waals surface area contributed by atoms with Crippen LogP contribution in [0.5, 0.6) is 0 Å². The molecule has 1 rings (SSSR count). The molecule has 74 valence electrons. The van der Waals surface area contributed by atoms with Crippen LogP contribution in [0, 0.1) is 0 Å². The van der Waals surface area contributed by atoms with Gasteiger partial charge in [-0.15, -0.1) is 12.4 Å². The minimum absolute atomic E-state index is 0. The van der Waals surface area contributed by atoms with Crippen LogP contribution in [0.15, 0.2) is 28.7 Å². The van der Waals surface area contributed by atoms with Crippen molar-refractivity contribution >= 4 is 28.3 Å². The maximum Gasteiger partial charge on any atom is 0.0449 e. The van der Waals surface area contributed by atoms with Gasteiger partial charge in [-0.05, 0) is 24.1 Å². The molecule has 0 aromatic heterocycles. The van der Waals surface area contributed by atoms with Gasteiger partial charge < -0.3 is 10.8 Å². The van der Waals surface area contributed by atoms with Gasteiger partial charge in [-0.3, -0.25) is 0 Å². The summed E-state index contributed by atoms with van der Waals surface area (Å²) < 4.78 is 1.04. The van der Waals surface area contributed by atoms with E-state index in [1.807, 2.05) is 24.3 Å². The SMILES string of the molecule is Cl.N[C@H](CCO)c1ccc(Br)cc1. The van der Waals surface area contributed by atoms with E-state index in [0.29, 0.717) is 6.42 Å². The molecule has 1 atom stereocenters. The molecular formula is C9H13BrClNO. The van der Waals surface area contributed by atoms with Gasteiger partial charge in [0, 0.05) is 17.1 Å². The van der Waals surface area contributed by atoms with Crippen LogP contribution < -0.4 is 5.73 Å². The number of aliphatic hydroxyl groups is 1. The van der Waals surface area contributed by atoms with Gasteiger partial charge in [-0.2, -0.15) is 0 Å². The Morgan fingerprint density at radius 1 is 1.31 bits per heavy atom. The summed E-state index contributed by atoms with van der Waals surface area (Å²) in [4.78, 5) is 0. The zero-order valence-electron chi connectivity index (χ0n) is 7.11. The van der Waals surface area contributed by atoms with E-state index in [1.54, 1.807) is 0 Å². The summed E-state index contributed by atoms with van der Waals surface area (Å²) in [5, 5.41) is 8.66. The second-order valence-electron chi connectivity index (χ2n) is 2.67. The molecule has 0 aliphatic heterocycles. The van der Waals surface area contributed by atoms with Crippen molar-refractivity contribution in [1.29, 1.82) is 0 Å². The average Bonchev–Trinajstić information content (AvgIpc) is 2.06. The Bertz CT molecular complexity index is 240. The summed E-state index contributed by atoms with van der Waals surface area (Å²) in [6, 6.07) is 7.77. The maximum absolute atomic E-state index is 8.66. The third-order valence-electron chi connectivity index (χ3n) is 1.74. The molecule has 2 nitrogen and oxygen atoms in total. The molecule has 3 N–H and O–H groups in total. The number of benzene rings is 1. The summed E-state index contributed by atoms with van der Waals surface area (Å²) >= 11 is 3.34. The number of halogens is 2. The molecule has 4 heteroatoms. The van der Waals surface area contributed by atoms with Crippen LogP contribution in [-0.2, 0) is 0 Å². The van der Waals surface area contributed by atoms with E-state index in [0.717, 1.165) is 10.0 Å². The molecule has 0 aliphatic rings. The number of hydrogen-bond donors (Lipinski definition) is 2. The Morgan fingerprint density at radius 2 is 1.85 bits per heavy atom. The fraction of sp³-hybridized carbons (Fsp3) is 0.333. The van der Waals surface area contributed by atoms with Gasteiger partial charge in [0.05, 0.1) is 0 Å². The number of rotatable bonds is 3. The fourth-order valence-electron chi connectivity index (χ4n) is 1.02. The van der Waals surface area contributed by atoms with Crippen molar-refractivity contribution in [1.82, 2.24) is 0 Å². The Labute approximate surface area is 92.7 Å². The van der Waals surface area contributed by atoms with Gasteiger partial charge in [0.1, 0.15) is 0 Å². The first-order valence-corrected chi connectivity index (χ1v) is 4.65. The highest BCUT2D eigenvalue weighted by molar-refractivity contribution is 9.10. The van der Waals surface area contributed by atoms with Crippen molar-refractivity contribution in [2.75, 3.05) is 6.61 Å². The van der Waals surface area contributed by atoms with E-state index in [4.69, 9.17) is 10.8 Å². The quantitative estimate of drug-likeness (QED) is 0.881. The highest BCUT2D eigenvalue weighted by atomic mass is 79.9. The third kappa shape index (κ3) is 4.09. The first kappa shape index (κ1) is 12.9. The largest absolute Gasteiger partial charge is 0.396 e. The summed E-state index contributed by atoms with van der Waals surface area (Å²) in [5.74, 6) is 0. The van der Waals surface area contributed by atoms with Crippen molar-refractivity contribution in [3.63, 3.8) is 0 Å². The Morgan fingerprint density at radius 3 is 2.31 bits per heavy atom. The molecule has 1 aromatic carbocycles. The second kappa shape index (κ2) is 6.38. The normalized spacial score (nSPS) is 11.9. The lowest BCUT2D eigenvalue weighted by atomic mass is 10.1. The molecular weight excluding hydrogens is 253 g/mol. The Hall–Kier alpha value is -0.0900. The summed E-state index contributed by atoms with van der Waals surface area (Å²) in [7, 11) is 0. The van der Waals surface area contributed by atoms with Gasteiger partial charge in [0.15, 0.2) is 0 Å². The first-order valence-electron chi connectivity index (χ1n) is 3.86. The first-order chi connectivity index (χ1) is 5.74. The van der Waals surface area contributed by atoms with Crippen molar-refractivity contribution in [2.24, 2.45) is 5.73 Å². The number of aliphatic hydroxyl groups excluding tert-OH is 1. The second-order valence-corrected chi connectivity index (χ2v) is 3.59. The van der Waals surface area contributed by atoms with Crippen LogP contribution in [-0.4, -0.2) is 11.7 Å². The van der Waals surface area contributed by atoms with Crippen LogP contribution >= 0.6 is 28.3 Å².